The van der Waals surface area contributed by atoms with E-state index < -0.39 is 0 Å². The Kier molecular flexibility index (Phi) is 8.84. The minimum Gasteiger partial charge on any atom is -0.227 e. The van der Waals surface area contributed by atoms with Crippen LogP contribution < -0.4 is 0 Å². The van der Waals surface area contributed by atoms with E-state index >= 15 is 0 Å². The smallest absolute Gasteiger partial charge is 0.161 e. The summed E-state index contributed by atoms with van der Waals surface area (Å²) in [5.74, 6) is 1.39. The van der Waals surface area contributed by atoms with Crippen LogP contribution >= 0.6 is 22.7 Å². The van der Waals surface area contributed by atoms with E-state index in [1.165, 1.54) is 20.5 Å². The molecule has 0 bridgehead atoms. The molecule has 4 heterocycles. The van der Waals surface area contributed by atoms with Crippen molar-refractivity contribution < 1.29 is 0 Å². The van der Waals surface area contributed by atoms with Gasteiger partial charge in [0.1, 0.15) is 9.66 Å². The van der Waals surface area contributed by atoms with E-state index in [4.69, 9.17) is 19.9 Å². The molecule has 0 saturated carbocycles. The van der Waals surface area contributed by atoms with Crippen LogP contribution in [0.15, 0.2) is 206 Å². The van der Waals surface area contributed by atoms with E-state index in [-0.39, 0.29) is 0 Å². The highest BCUT2D eigenvalue weighted by molar-refractivity contribution is 7.26. The minimum atomic E-state index is 0.694. The number of fused-ring (bicyclic) bond motifs is 6. The molecule has 6 heteroatoms. The number of hydrogen-bond donors (Lipinski definition) is 0. The molecule has 0 aliphatic rings. The molecule has 12 aromatic rings. The van der Waals surface area contributed by atoms with Crippen LogP contribution in [0.1, 0.15) is 0 Å². The lowest BCUT2D eigenvalue weighted by Gasteiger charge is -2.14. The van der Waals surface area contributed by atoms with Crippen molar-refractivity contribution in [3.05, 3.63) is 206 Å². The van der Waals surface area contributed by atoms with Gasteiger partial charge in [-0.15, -0.1) is 22.7 Å². The fourth-order valence-corrected chi connectivity index (χ4v) is 10.7. The first kappa shape index (κ1) is 36.2. The minimum absolute atomic E-state index is 0.694. The zero-order chi connectivity index (χ0) is 41.0. The summed E-state index contributed by atoms with van der Waals surface area (Å²) >= 11 is 3.43. The van der Waals surface area contributed by atoms with E-state index in [2.05, 4.69) is 194 Å². The maximum absolute atomic E-state index is 5.50. The van der Waals surface area contributed by atoms with Gasteiger partial charge in [-0.2, -0.15) is 0 Å². The van der Waals surface area contributed by atoms with Crippen molar-refractivity contribution in [2.75, 3.05) is 0 Å². The molecule has 0 aliphatic carbocycles. The van der Waals surface area contributed by atoms with Gasteiger partial charge >= 0.3 is 0 Å². The Morgan fingerprint density at radius 3 is 1.00 bits per heavy atom. The SMILES string of the molecule is c1ccc(-c2ccc(-c3nc(-c4cc(-c5ccccc5)cc(-c5nc(-c6ccc(-c7ccccc7)cc6)nc6sc7ccccc7c56)c4)c4c(n3)sc3ccccc34)cc2)cc1. The third-order valence-electron chi connectivity index (χ3n) is 11.6. The molecule has 62 heavy (non-hydrogen) atoms. The summed E-state index contributed by atoms with van der Waals surface area (Å²) in [4.78, 5) is 23.4. The normalized spacial score (nSPS) is 11.5. The third kappa shape index (κ3) is 6.45. The molecule has 0 spiro atoms. The molecule has 0 atom stereocenters. The van der Waals surface area contributed by atoms with Gasteiger partial charge in [0, 0.05) is 53.2 Å². The Balaban J connectivity index is 1.09. The summed E-state index contributed by atoms with van der Waals surface area (Å²) in [6, 6.07) is 72.7. The molecule has 4 nitrogen and oxygen atoms in total. The number of nitrogens with zero attached hydrogens (tertiary/aromatic N) is 4. The lowest BCUT2D eigenvalue weighted by Crippen LogP contribution is -1.97. The van der Waals surface area contributed by atoms with Gasteiger partial charge in [-0.05, 0) is 63.7 Å². The Morgan fingerprint density at radius 1 is 0.258 bits per heavy atom. The first-order chi connectivity index (χ1) is 30.7. The number of aromatic nitrogens is 4. The standard InChI is InChI=1S/C56H34N4S2/c1-4-14-35(15-5-1)38-24-28-40(29-25-38)53-57-51(49-45-20-10-12-22-47(45)61-55(49)59-53)43-32-42(37-18-8-3-9-19-37)33-44(34-43)52-50-46-21-11-13-23-48(46)62-56(50)60-54(58-52)41-30-26-39(27-31-41)36-16-6-2-7-17-36/h1-34H. The summed E-state index contributed by atoms with van der Waals surface area (Å²) in [5.41, 5.74) is 12.6. The summed E-state index contributed by atoms with van der Waals surface area (Å²) in [6.07, 6.45) is 0. The highest BCUT2D eigenvalue weighted by atomic mass is 32.1. The summed E-state index contributed by atoms with van der Waals surface area (Å²) < 4.78 is 2.36. The number of rotatable bonds is 7. The van der Waals surface area contributed by atoms with E-state index in [0.717, 1.165) is 87.1 Å². The average Bonchev–Trinajstić information content (AvgIpc) is 3.93. The second-order valence-corrected chi connectivity index (χ2v) is 17.5. The van der Waals surface area contributed by atoms with Crippen molar-refractivity contribution in [2.24, 2.45) is 0 Å². The van der Waals surface area contributed by atoms with E-state index in [0.29, 0.717) is 11.6 Å². The Bertz CT molecular complexity index is 3380. The van der Waals surface area contributed by atoms with E-state index in [9.17, 15) is 0 Å². The quantitative estimate of drug-likeness (QED) is 0.161. The maximum Gasteiger partial charge on any atom is 0.161 e. The molecule has 4 aromatic heterocycles. The van der Waals surface area contributed by atoms with Crippen molar-refractivity contribution in [1.82, 2.24) is 19.9 Å². The van der Waals surface area contributed by atoms with Crippen LogP contribution in [0.2, 0.25) is 0 Å². The maximum atomic E-state index is 5.50. The van der Waals surface area contributed by atoms with Crippen LogP contribution in [0.3, 0.4) is 0 Å². The van der Waals surface area contributed by atoms with Gasteiger partial charge in [0.25, 0.3) is 0 Å². The van der Waals surface area contributed by atoms with Crippen molar-refractivity contribution in [1.29, 1.82) is 0 Å². The van der Waals surface area contributed by atoms with Crippen molar-refractivity contribution in [3.8, 4) is 78.7 Å². The Hall–Kier alpha value is -7.64. The van der Waals surface area contributed by atoms with E-state index in [1.54, 1.807) is 22.7 Å². The van der Waals surface area contributed by atoms with Gasteiger partial charge in [0.2, 0.25) is 0 Å². The Labute approximate surface area is 366 Å². The predicted octanol–water partition coefficient (Wildman–Crippen LogP) is 15.7. The van der Waals surface area contributed by atoms with Gasteiger partial charge in [0.15, 0.2) is 11.6 Å². The molecule has 8 aromatic carbocycles. The zero-order valence-corrected chi connectivity index (χ0v) is 34.9. The van der Waals surface area contributed by atoms with E-state index in [1.807, 2.05) is 12.1 Å². The fourth-order valence-electron chi connectivity index (χ4n) is 8.51. The lowest BCUT2D eigenvalue weighted by atomic mass is 9.94. The number of benzene rings is 8. The van der Waals surface area contributed by atoms with Crippen molar-refractivity contribution in [2.45, 2.75) is 0 Å². The van der Waals surface area contributed by atoms with Gasteiger partial charge < -0.3 is 0 Å². The van der Waals surface area contributed by atoms with Crippen LogP contribution in [0.4, 0.5) is 0 Å². The molecule has 0 unspecified atom stereocenters. The van der Waals surface area contributed by atoms with Crippen LogP contribution in [0.5, 0.6) is 0 Å². The largest absolute Gasteiger partial charge is 0.227 e. The molecule has 290 valence electrons. The fraction of sp³-hybridized carbons (Fsp3) is 0. The Morgan fingerprint density at radius 2 is 0.581 bits per heavy atom. The molecule has 0 saturated heterocycles. The number of thiophene rings is 2. The summed E-state index contributed by atoms with van der Waals surface area (Å²) in [7, 11) is 0. The molecule has 0 N–H and O–H groups in total. The molecular formula is C56H34N4S2. The molecule has 0 radical (unpaired) electrons. The average molecular weight is 827 g/mol. The van der Waals surface area contributed by atoms with Crippen molar-refractivity contribution in [3.63, 3.8) is 0 Å². The lowest BCUT2D eigenvalue weighted by molar-refractivity contribution is 1.23. The highest BCUT2D eigenvalue weighted by Crippen LogP contribution is 2.44. The van der Waals surface area contributed by atoms with Crippen LogP contribution in [-0.4, -0.2) is 19.9 Å². The highest BCUT2D eigenvalue weighted by Gasteiger charge is 2.22. The third-order valence-corrected chi connectivity index (χ3v) is 13.7. The first-order valence-corrected chi connectivity index (χ1v) is 22.2. The van der Waals surface area contributed by atoms with Crippen molar-refractivity contribution >= 4 is 63.3 Å². The molecule has 0 aliphatic heterocycles. The van der Waals surface area contributed by atoms with Crippen LogP contribution in [0, 0.1) is 0 Å². The monoisotopic (exact) mass is 826 g/mol. The molecule has 0 fully saturated rings. The zero-order valence-electron chi connectivity index (χ0n) is 33.2. The second-order valence-electron chi connectivity index (χ2n) is 15.4. The topological polar surface area (TPSA) is 51.6 Å². The molecule has 0 amide bonds. The molecule has 12 rings (SSSR count). The first-order valence-electron chi connectivity index (χ1n) is 20.6. The van der Waals surface area contributed by atoms with Gasteiger partial charge in [-0.1, -0.05) is 176 Å². The van der Waals surface area contributed by atoms with Gasteiger partial charge in [-0.3, -0.25) is 0 Å². The molecular weight excluding hydrogens is 793 g/mol. The second kappa shape index (κ2) is 15.1. The summed E-state index contributed by atoms with van der Waals surface area (Å²) in [5, 5.41) is 4.41. The summed E-state index contributed by atoms with van der Waals surface area (Å²) in [6.45, 7) is 0. The predicted molar refractivity (Wildman–Crippen MR) is 261 cm³/mol. The van der Waals surface area contributed by atoms with Crippen LogP contribution in [-0.2, 0) is 0 Å². The number of hydrogen-bond acceptors (Lipinski definition) is 6. The van der Waals surface area contributed by atoms with Gasteiger partial charge in [-0.25, -0.2) is 19.9 Å². The van der Waals surface area contributed by atoms with Crippen LogP contribution in [0.25, 0.3) is 119 Å². The van der Waals surface area contributed by atoms with Gasteiger partial charge in [0.05, 0.1) is 11.4 Å².